The van der Waals surface area contributed by atoms with Crippen molar-refractivity contribution in [2.45, 2.75) is 54.5 Å². The number of carbonyl (C=O) groups excluding carboxylic acids is 2. The predicted molar refractivity (Wildman–Crippen MR) is 139 cm³/mol. The van der Waals surface area contributed by atoms with E-state index in [2.05, 4.69) is 30.0 Å². The Hall–Kier alpha value is -2.76. The molecule has 1 unspecified atom stereocenters. The molecular weight excluding hydrogens is 561 g/mol. The molecular formula is C20H22N8O5S4. The lowest BCUT2D eigenvalue weighted by molar-refractivity contribution is -0.150. The number of nitrogens with zero attached hydrogens (tertiary/aromatic N) is 6. The molecule has 2 aromatic rings. The number of nitrogens with one attached hydrogen (secondary N) is 1. The molecule has 1 saturated carbocycles. The van der Waals surface area contributed by atoms with E-state index in [1.165, 1.54) is 39.8 Å². The number of nitrogen functional groups attached to an aromatic ring is 1. The van der Waals surface area contributed by atoms with Crippen molar-refractivity contribution in [3.63, 3.8) is 0 Å². The van der Waals surface area contributed by atoms with Gasteiger partial charge >= 0.3 is 5.97 Å². The number of β-lactam (4-membered cyclic amide) rings is 1. The number of hydrogen-bond acceptors (Lipinski definition) is 14. The van der Waals surface area contributed by atoms with Crippen LogP contribution in [0.5, 0.6) is 0 Å². The molecule has 1 saturated heterocycles. The van der Waals surface area contributed by atoms with E-state index in [0.717, 1.165) is 46.6 Å². The minimum Gasteiger partial charge on any atom is -0.477 e. The van der Waals surface area contributed by atoms with E-state index in [4.69, 9.17) is 10.6 Å². The first kappa shape index (κ1) is 25.9. The van der Waals surface area contributed by atoms with Crippen molar-refractivity contribution < 1.29 is 24.3 Å². The van der Waals surface area contributed by atoms with Gasteiger partial charge in [0.25, 0.3) is 11.8 Å². The van der Waals surface area contributed by atoms with Crippen molar-refractivity contribution in [1.29, 1.82) is 0 Å². The largest absolute Gasteiger partial charge is 0.477 e. The van der Waals surface area contributed by atoms with Gasteiger partial charge in [0.05, 0.1) is 0 Å². The number of aryl methyl sites for hydroxylation is 1. The number of anilines is 1. The molecule has 0 bridgehead atoms. The molecule has 2 amide bonds. The van der Waals surface area contributed by atoms with Crippen LogP contribution in [0.25, 0.3) is 0 Å². The molecule has 2 atom stereocenters. The van der Waals surface area contributed by atoms with Crippen LogP contribution in [-0.4, -0.2) is 82.1 Å². The molecule has 13 nitrogen and oxygen atoms in total. The highest BCUT2D eigenvalue weighted by Crippen LogP contribution is 2.41. The molecule has 196 valence electrons. The molecule has 0 radical (unpaired) electrons. The number of rotatable bonds is 9. The fourth-order valence-corrected chi connectivity index (χ4v) is 7.86. The molecule has 37 heavy (non-hydrogen) atoms. The lowest BCUT2D eigenvalue weighted by atomic mass is 10.0. The maximum Gasteiger partial charge on any atom is 0.352 e. The summed E-state index contributed by atoms with van der Waals surface area (Å²) >= 11 is 5.10. The Morgan fingerprint density at radius 3 is 2.76 bits per heavy atom. The highest BCUT2D eigenvalue weighted by Gasteiger charge is 2.54. The molecule has 0 spiro atoms. The zero-order chi connectivity index (χ0) is 26.1. The molecule has 1 aliphatic carbocycles. The second kappa shape index (κ2) is 10.9. The van der Waals surface area contributed by atoms with Crippen molar-refractivity contribution in [3.8, 4) is 0 Å². The predicted octanol–water partition coefficient (Wildman–Crippen LogP) is 1.47. The van der Waals surface area contributed by atoms with Crippen LogP contribution < -0.4 is 11.1 Å². The second-order valence-corrected chi connectivity index (χ2v) is 12.7. The summed E-state index contributed by atoms with van der Waals surface area (Å²) in [7, 11) is 0. The van der Waals surface area contributed by atoms with Gasteiger partial charge in [-0.3, -0.25) is 14.5 Å². The number of carboxylic acid groups (broad SMARTS) is 1. The number of aromatic nitrogens is 4. The highest BCUT2D eigenvalue weighted by atomic mass is 32.2. The van der Waals surface area contributed by atoms with Gasteiger partial charge in [-0.15, -0.1) is 22.0 Å². The number of hydrogen-bond donors (Lipinski definition) is 3. The summed E-state index contributed by atoms with van der Waals surface area (Å²) < 4.78 is 4.79. The first-order chi connectivity index (χ1) is 17.8. The van der Waals surface area contributed by atoms with Crippen molar-refractivity contribution in [1.82, 2.24) is 29.8 Å². The maximum atomic E-state index is 13.2. The van der Waals surface area contributed by atoms with Crippen molar-refractivity contribution in [2.24, 2.45) is 5.16 Å². The summed E-state index contributed by atoms with van der Waals surface area (Å²) in [6, 6.07) is -0.931. The SMILES string of the molecule is Cc1nnc(SCC2=C(C(=O)O)N3C(=O)C(NC(=O)/C(=N\OC4CCCC4)c4nsc(N)n4)[C@H]3SC2)s1. The standard InChI is InChI=1S/C20H22N8O5S4/c1-8-24-25-20(36-8)35-7-9-6-34-17-12(16(30)28(17)13(9)18(31)32)22-15(29)11(14-23-19(21)37-27-14)26-33-10-4-2-3-5-10/h10,12,17H,2-7H2,1H3,(H,22,29)(H,31,32)(H2,21,23,27)/b26-11-/t12?,17-/m1/s1. The molecule has 2 fully saturated rings. The van der Waals surface area contributed by atoms with Gasteiger partial charge < -0.3 is 21.0 Å². The average Bonchev–Trinajstić information content (AvgIpc) is 3.64. The third-order valence-electron chi connectivity index (χ3n) is 5.88. The molecule has 2 aromatic heterocycles. The van der Waals surface area contributed by atoms with Crippen LogP contribution in [0.15, 0.2) is 20.8 Å². The van der Waals surface area contributed by atoms with E-state index in [9.17, 15) is 19.5 Å². The second-order valence-electron chi connectivity index (χ2n) is 8.40. The summed E-state index contributed by atoms with van der Waals surface area (Å²) in [6.07, 6.45) is 3.62. The van der Waals surface area contributed by atoms with Gasteiger partial charge in [0.1, 0.15) is 28.2 Å². The van der Waals surface area contributed by atoms with Crippen molar-refractivity contribution in [2.75, 3.05) is 17.2 Å². The molecule has 2 aliphatic heterocycles. The summed E-state index contributed by atoms with van der Waals surface area (Å²) in [6.45, 7) is 1.84. The summed E-state index contributed by atoms with van der Waals surface area (Å²) in [5.41, 5.74) is 6.07. The smallest absolute Gasteiger partial charge is 0.352 e. The minimum atomic E-state index is -1.19. The number of nitrogens with two attached hydrogens (primary N) is 1. The molecule has 17 heteroatoms. The Kier molecular flexibility index (Phi) is 7.64. The normalized spacial score (nSPS) is 22.1. The van der Waals surface area contributed by atoms with Crippen LogP contribution in [0.3, 0.4) is 0 Å². The van der Waals surface area contributed by atoms with Gasteiger partial charge in [0.15, 0.2) is 9.47 Å². The summed E-state index contributed by atoms with van der Waals surface area (Å²) in [5.74, 6) is -1.63. The fourth-order valence-electron chi connectivity index (χ4n) is 4.13. The molecule has 0 aromatic carbocycles. The Balaban J connectivity index is 1.30. The number of thioether (sulfide) groups is 2. The first-order valence-electron chi connectivity index (χ1n) is 11.3. The average molecular weight is 583 g/mol. The van der Waals surface area contributed by atoms with Crippen LogP contribution in [0.1, 0.15) is 36.5 Å². The van der Waals surface area contributed by atoms with Gasteiger partial charge in [0.2, 0.25) is 11.5 Å². The van der Waals surface area contributed by atoms with Crippen LogP contribution in [0.4, 0.5) is 5.13 Å². The number of fused-ring (bicyclic) bond motifs is 1. The lowest BCUT2D eigenvalue weighted by Gasteiger charge is -2.49. The van der Waals surface area contributed by atoms with E-state index in [-0.39, 0.29) is 28.5 Å². The number of carbonyl (C=O) groups is 3. The van der Waals surface area contributed by atoms with E-state index < -0.39 is 29.2 Å². The highest BCUT2D eigenvalue weighted by molar-refractivity contribution is 8.01. The van der Waals surface area contributed by atoms with Crippen LogP contribution >= 0.6 is 46.4 Å². The van der Waals surface area contributed by atoms with E-state index >= 15 is 0 Å². The van der Waals surface area contributed by atoms with Gasteiger partial charge in [-0.25, -0.2) is 4.79 Å². The topological polar surface area (TPSA) is 186 Å². The van der Waals surface area contributed by atoms with Crippen molar-refractivity contribution >= 4 is 75.0 Å². The minimum absolute atomic E-state index is 0.00951. The third kappa shape index (κ3) is 5.44. The Morgan fingerprint density at radius 2 is 2.11 bits per heavy atom. The molecule has 5 rings (SSSR count). The van der Waals surface area contributed by atoms with E-state index in [0.29, 0.717) is 17.1 Å². The van der Waals surface area contributed by atoms with Crippen LogP contribution in [0.2, 0.25) is 0 Å². The summed E-state index contributed by atoms with van der Waals surface area (Å²) in [4.78, 5) is 49.1. The monoisotopic (exact) mass is 582 g/mol. The number of carboxylic acids is 1. The summed E-state index contributed by atoms with van der Waals surface area (Å²) in [5, 5.41) is 25.0. The number of oxime groups is 1. The third-order valence-corrected chi connectivity index (χ3v) is 9.82. The van der Waals surface area contributed by atoms with Gasteiger partial charge in [-0.05, 0) is 38.2 Å². The Bertz CT molecular complexity index is 1290. The van der Waals surface area contributed by atoms with E-state index in [1.807, 2.05) is 6.92 Å². The van der Waals surface area contributed by atoms with Gasteiger partial charge in [0, 0.05) is 23.0 Å². The van der Waals surface area contributed by atoms with Gasteiger partial charge in [-0.2, -0.15) is 9.36 Å². The lowest BCUT2D eigenvalue weighted by Crippen LogP contribution is -2.71. The van der Waals surface area contributed by atoms with E-state index in [1.54, 1.807) is 0 Å². The van der Waals surface area contributed by atoms with Crippen LogP contribution in [-0.2, 0) is 19.2 Å². The van der Waals surface area contributed by atoms with Crippen LogP contribution in [0, 0.1) is 6.92 Å². The first-order valence-corrected chi connectivity index (χ1v) is 14.9. The quantitative estimate of drug-likeness (QED) is 0.168. The number of amides is 2. The van der Waals surface area contributed by atoms with Crippen molar-refractivity contribution in [3.05, 3.63) is 22.1 Å². The Morgan fingerprint density at radius 1 is 1.32 bits per heavy atom. The molecule has 4 N–H and O–H groups in total. The fraction of sp³-hybridized carbons (Fsp3) is 0.500. The van der Waals surface area contributed by atoms with Gasteiger partial charge in [-0.1, -0.05) is 28.3 Å². The Labute approximate surface area is 227 Å². The zero-order valence-electron chi connectivity index (χ0n) is 19.4. The maximum absolute atomic E-state index is 13.2. The molecule has 3 aliphatic rings. The zero-order valence-corrected chi connectivity index (χ0v) is 22.7. The molecule has 4 heterocycles. The number of aliphatic carboxylic acids is 1.